The van der Waals surface area contributed by atoms with Crippen LogP contribution in [0.15, 0.2) is 24.3 Å². The van der Waals surface area contributed by atoms with Gasteiger partial charge in [-0.15, -0.1) is 11.3 Å². The Morgan fingerprint density at radius 2 is 1.82 bits per heavy atom. The van der Waals surface area contributed by atoms with Crippen molar-refractivity contribution in [2.45, 2.75) is 13.8 Å². The SMILES string of the molecule is Cc1ccc(C)c(C(=O)c2cc(Cl)sc2Cl)c1. The van der Waals surface area contributed by atoms with Crippen LogP contribution in [-0.2, 0) is 0 Å². The van der Waals surface area contributed by atoms with Crippen molar-refractivity contribution >= 4 is 40.3 Å². The highest BCUT2D eigenvalue weighted by Gasteiger charge is 2.17. The van der Waals surface area contributed by atoms with E-state index in [4.69, 9.17) is 23.2 Å². The van der Waals surface area contributed by atoms with E-state index in [0.29, 0.717) is 19.8 Å². The molecule has 2 rings (SSSR count). The summed E-state index contributed by atoms with van der Waals surface area (Å²) < 4.78 is 0.976. The highest BCUT2D eigenvalue weighted by Crippen LogP contribution is 2.33. The fourth-order valence-electron chi connectivity index (χ4n) is 1.62. The number of rotatable bonds is 2. The summed E-state index contributed by atoms with van der Waals surface area (Å²) in [6.45, 7) is 3.87. The second-order valence-corrected chi connectivity index (χ2v) is 6.17. The molecule has 0 atom stereocenters. The summed E-state index contributed by atoms with van der Waals surface area (Å²) in [5.41, 5.74) is 3.16. The van der Waals surface area contributed by atoms with Gasteiger partial charge in [-0.05, 0) is 31.5 Å². The smallest absolute Gasteiger partial charge is 0.195 e. The lowest BCUT2D eigenvalue weighted by atomic mass is 9.99. The Bertz CT molecular complexity index is 587. The van der Waals surface area contributed by atoms with Crippen molar-refractivity contribution in [1.82, 2.24) is 0 Å². The van der Waals surface area contributed by atoms with E-state index in [1.54, 1.807) is 6.07 Å². The normalized spacial score (nSPS) is 10.6. The Hall–Kier alpha value is -0.830. The lowest BCUT2D eigenvalue weighted by molar-refractivity contribution is 0.103. The summed E-state index contributed by atoms with van der Waals surface area (Å²) in [5.74, 6) is -0.0700. The first-order valence-electron chi connectivity index (χ1n) is 5.06. The molecule has 0 aliphatic carbocycles. The summed E-state index contributed by atoms with van der Waals surface area (Å²) in [4.78, 5) is 12.3. The molecule has 0 saturated carbocycles. The van der Waals surface area contributed by atoms with Crippen LogP contribution in [0.4, 0.5) is 0 Å². The second-order valence-electron chi connectivity index (χ2n) is 3.89. The van der Waals surface area contributed by atoms with Crippen LogP contribution >= 0.6 is 34.5 Å². The molecule has 0 amide bonds. The third kappa shape index (κ3) is 2.54. The Labute approximate surface area is 114 Å². The van der Waals surface area contributed by atoms with Crippen molar-refractivity contribution < 1.29 is 4.79 Å². The van der Waals surface area contributed by atoms with E-state index in [0.717, 1.165) is 11.1 Å². The van der Waals surface area contributed by atoms with Crippen LogP contribution in [0, 0.1) is 13.8 Å². The Morgan fingerprint density at radius 1 is 1.12 bits per heavy atom. The van der Waals surface area contributed by atoms with E-state index in [1.165, 1.54) is 11.3 Å². The largest absolute Gasteiger partial charge is 0.289 e. The monoisotopic (exact) mass is 284 g/mol. The molecule has 0 spiro atoms. The number of benzene rings is 1. The van der Waals surface area contributed by atoms with Crippen LogP contribution in [0.5, 0.6) is 0 Å². The maximum absolute atomic E-state index is 12.3. The van der Waals surface area contributed by atoms with Crippen LogP contribution < -0.4 is 0 Å². The van der Waals surface area contributed by atoms with Gasteiger partial charge in [0.05, 0.1) is 9.90 Å². The van der Waals surface area contributed by atoms with Gasteiger partial charge in [-0.2, -0.15) is 0 Å². The first kappa shape index (κ1) is 12.6. The van der Waals surface area contributed by atoms with Gasteiger partial charge in [0, 0.05) is 5.56 Å². The number of halogens is 2. The minimum Gasteiger partial charge on any atom is -0.289 e. The summed E-state index contributed by atoms with van der Waals surface area (Å²) in [6, 6.07) is 7.41. The molecule has 0 N–H and O–H groups in total. The summed E-state index contributed by atoms with van der Waals surface area (Å²) in [6.07, 6.45) is 0. The summed E-state index contributed by atoms with van der Waals surface area (Å²) in [7, 11) is 0. The van der Waals surface area contributed by atoms with E-state index in [-0.39, 0.29) is 5.78 Å². The van der Waals surface area contributed by atoms with Crippen molar-refractivity contribution in [2.75, 3.05) is 0 Å². The number of hydrogen-bond acceptors (Lipinski definition) is 2. The molecule has 0 aliphatic rings. The van der Waals surface area contributed by atoms with Gasteiger partial charge in [-0.1, -0.05) is 40.9 Å². The fraction of sp³-hybridized carbons (Fsp3) is 0.154. The van der Waals surface area contributed by atoms with Gasteiger partial charge in [-0.3, -0.25) is 4.79 Å². The number of hydrogen-bond donors (Lipinski definition) is 0. The molecule has 88 valence electrons. The predicted octanol–water partition coefficient (Wildman–Crippen LogP) is 4.90. The fourth-order valence-corrected chi connectivity index (χ4v) is 3.08. The average Bonchev–Trinajstić information content (AvgIpc) is 2.60. The quantitative estimate of drug-likeness (QED) is 0.717. The van der Waals surface area contributed by atoms with Crippen molar-refractivity contribution in [3.63, 3.8) is 0 Å². The van der Waals surface area contributed by atoms with Gasteiger partial charge in [0.2, 0.25) is 0 Å². The number of aryl methyl sites for hydroxylation is 2. The predicted molar refractivity (Wildman–Crippen MR) is 73.7 cm³/mol. The van der Waals surface area contributed by atoms with Crippen LogP contribution in [-0.4, -0.2) is 5.78 Å². The third-order valence-electron chi connectivity index (χ3n) is 2.54. The zero-order chi connectivity index (χ0) is 12.6. The lowest BCUT2D eigenvalue weighted by Crippen LogP contribution is -2.03. The Kier molecular flexibility index (Phi) is 3.57. The summed E-state index contributed by atoms with van der Waals surface area (Å²) in [5, 5.41) is 0. The molecule has 1 aromatic heterocycles. The maximum atomic E-state index is 12.3. The van der Waals surface area contributed by atoms with E-state index in [1.807, 2.05) is 32.0 Å². The zero-order valence-electron chi connectivity index (χ0n) is 9.38. The number of carbonyl (C=O) groups is 1. The molecule has 4 heteroatoms. The van der Waals surface area contributed by atoms with Crippen molar-refractivity contribution in [2.24, 2.45) is 0 Å². The minimum absolute atomic E-state index is 0.0700. The molecule has 0 saturated heterocycles. The van der Waals surface area contributed by atoms with Crippen molar-refractivity contribution in [3.8, 4) is 0 Å². The number of thiophene rings is 1. The van der Waals surface area contributed by atoms with E-state index < -0.39 is 0 Å². The van der Waals surface area contributed by atoms with Gasteiger partial charge in [0.15, 0.2) is 5.78 Å². The lowest BCUT2D eigenvalue weighted by Gasteiger charge is -2.05. The number of ketones is 1. The average molecular weight is 285 g/mol. The third-order valence-corrected chi connectivity index (χ3v) is 4.03. The van der Waals surface area contributed by atoms with Crippen LogP contribution in [0.1, 0.15) is 27.0 Å². The van der Waals surface area contributed by atoms with Gasteiger partial charge < -0.3 is 0 Å². The van der Waals surface area contributed by atoms with Crippen molar-refractivity contribution in [3.05, 3.63) is 55.2 Å². The molecule has 0 fully saturated rings. The van der Waals surface area contributed by atoms with E-state index in [2.05, 4.69) is 0 Å². The molecular formula is C13H10Cl2OS. The standard InChI is InChI=1S/C13H10Cl2OS/c1-7-3-4-8(2)9(5-7)12(16)10-6-11(14)17-13(10)15/h3-6H,1-2H3. The topological polar surface area (TPSA) is 17.1 Å². The summed E-state index contributed by atoms with van der Waals surface area (Å²) >= 11 is 13.1. The van der Waals surface area contributed by atoms with Crippen LogP contribution in [0.3, 0.4) is 0 Å². The Morgan fingerprint density at radius 3 is 2.41 bits per heavy atom. The molecule has 0 bridgehead atoms. The molecule has 1 aromatic carbocycles. The molecule has 1 heterocycles. The first-order valence-corrected chi connectivity index (χ1v) is 6.63. The first-order chi connectivity index (χ1) is 7.99. The molecule has 0 aliphatic heterocycles. The second kappa shape index (κ2) is 4.81. The van der Waals surface area contributed by atoms with Gasteiger partial charge in [-0.25, -0.2) is 0 Å². The molecule has 2 aromatic rings. The number of carbonyl (C=O) groups excluding carboxylic acids is 1. The zero-order valence-corrected chi connectivity index (χ0v) is 11.7. The van der Waals surface area contributed by atoms with E-state index in [9.17, 15) is 4.79 Å². The van der Waals surface area contributed by atoms with Gasteiger partial charge >= 0.3 is 0 Å². The highest BCUT2D eigenvalue weighted by atomic mass is 35.5. The highest BCUT2D eigenvalue weighted by molar-refractivity contribution is 7.20. The maximum Gasteiger partial charge on any atom is 0.195 e. The van der Waals surface area contributed by atoms with E-state index >= 15 is 0 Å². The van der Waals surface area contributed by atoms with Crippen LogP contribution in [0.25, 0.3) is 0 Å². The van der Waals surface area contributed by atoms with Gasteiger partial charge in [0.25, 0.3) is 0 Å². The molecule has 0 radical (unpaired) electrons. The molecular weight excluding hydrogens is 275 g/mol. The van der Waals surface area contributed by atoms with Crippen molar-refractivity contribution in [1.29, 1.82) is 0 Å². The minimum atomic E-state index is -0.0700. The van der Waals surface area contributed by atoms with Gasteiger partial charge in [0.1, 0.15) is 4.34 Å². The van der Waals surface area contributed by atoms with Crippen LogP contribution in [0.2, 0.25) is 8.67 Å². The molecule has 17 heavy (non-hydrogen) atoms. The molecule has 1 nitrogen and oxygen atoms in total. The Balaban J connectivity index is 2.50. The molecule has 0 unspecified atom stereocenters.